The molecule has 2 atom stereocenters. The Kier molecular flexibility index (Phi) is 14.0. The summed E-state index contributed by atoms with van der Waals surface area (Å²) in [6.07, 6.45) is 6.71. The summed E-state index contributed by atoms with van der Waals surface area (Å²) < 4.78 is 50.5. The van der Waals surface area contributed by atoms with Crippen LogP contribution in [-0.2, 0) is 19.1 Å². The highest BCUT2D eigenvalue weighted by molar-refractivity contribution is 5.75. The molecule has 3 rings (SSSR count). The first-order valence-electron chi connectivity index (χ1n) is 15.4. The van der Waals surface area contributed by atoms with E-state index in [2.05, 4.69) is 0 Å². The Bertz CT molecular complexity index is 792. The van der Waals surface area contributed by atoms with Gasteiger partial charge in [-0.05, 0) is 100 Å². The highest BCUT2D eigenvalue weighted by Crippen LogP contribution is 2.30. The molecule has 8 heteroatoms. The van der Waals surface area contributed by atoms with Crippen LogP contribution in [0.25, 0.3) is 0 Å². The van der Waals surface area contributed by atoms with Gasteiger partial charge in [0.1, 0.15) is 23.7 Å². The third kappa shape index (κ3) is 11.2. The molecule has 40 heavy (non-hydrogen) atoms. The van der Waals surface area contributed by atoms with E-state index >= 15 is 0 Å². The molecule has 1 aromatic rings. The fourth-order valence-electron chi connectivity index (χ4n) is 5.37. The van der Waals surface area contributed by atoms with E-state index in [9.17, 15) is 18.4 Å². The lowest BCUT2D eigenvalue weighted by atomic mass is 9.88. The smallest absolute Gasteiger partial charge is 0.340 e. The molecule has 2 fully saturated rings. The van der Waals surface area contributed by atoms with Crippen molar-refractivity contribution in [3.8, 4) is 11.5 Å². The lowest BCUT2D eigenvalue weighted by Crippen LogP contribution is -2.30. The zero-order chi connectivity index (χ0) is 28.7. The molecule has 2 aliphatic carbocycles. The van der Waals surface area contributed by atoms with Crippen LogP contribution < -0.4 is 9.47 Å². The van der Waals surface area contributed by atoms with Crippen molar-refractivity contribution in [2.45, 2.75) is 128 Å². The summed E-state index contributed by atoms with van der Waals surface area (Å²) in [6, 6.07) is 7.62. The average Bonchev–Trinajstić information content (AvgIpc) is 2.98. The maximum absolute atomic E-state index is 13.9. The van der Waals surface area contributed by atoms with Crippen LogP contribution in [0.4, 0.5) is 8.78 Å². The highest BCUT2D eigenvalue weighted by atomic mass is 19.1. The standard InChI is InChI=1S/C32H48F2O6/c1-3-5-7-29(33)31(35)39-27-13-9-23(10-14-27)21-37-25-17-19-26(20-18-25)38-22-24-11-15-28(16-12-24)40-32(36)30(34)8-6-4-2/h17-20,23-24,27-30H,3-16,21-22H2,1-2H3/t23-,24-,27-,28-,29-,30-/m0/s1. The van der Waals surface area contributed by atoms with Crippen LogP contribution in [0.1, 0.15) is 104 Å². The molecule has 0 radical (unpaired) electrons. The molecule has 0 N–H and O–H groups in total. The average molecular weight is 567 g/mol. The van der Waals surface area contributed by atoms with Crippen molar-refractivity contribution in [1.29, 1.82) is 0 Å². The normalized spacial score (nSPS) is 24.5. The van der Waals surface area contributed by atoms with Gasteiger partial charge in [0.15, 0.2) is 12.3 Å². The molecule has 0 bridgehead atoms. The van der Waals surface area contributed by atoms with E-state index in [1.165, 1.54) is 0 Å². The second-order valence-electron chi connectivity index (χ2n) is 11.5. The number of unbranched alkanes of at least 4 members (excludes halogenated alkanes) is 2. The van der Waals surface area contributed by atoms with E-state index in [4.69, 9.17) is 18.9 Å². The number of alkyl halides is 2. The van der Waals surface area contributed by atoms with Crippen molar-refractivity contribution in [3.05, 3.63) is 24.3 Å². The van der Waals surface area contributed by atoms with Crippen LogP contribution in [0.2, 0.25) is 0 Å². The maximum Gasteiger partial charge on any atom is 0.340 e. The second kappa shape index (κ2) is 17.4. The van der Waals surface area contributed by atoms with Crippen LogP contribution in [0, 0.1) is 11.8 Å². The van der Waals surface area contributed by atoms with Gasteiger partial charge in [0, 0.05) is 0 Å². The zero-order valence-electron chi connectivity index (χ0n) is 24.3. The van der Waals surface area contributed by atoms with Crippen molar-refractivity contribution in [3.63, 3.8) is 0 Å². The predicted molar refractivity (Wildman–Crippen MR) is 150 cm³/mol. The number of ether oxygens (including phenoxy) is 4. The first kappa shape index (κ1) is 32.1. The van der Waals surface area contributed by atoms with Crippen molar-refractivity contribution in [2.75, 3.05) is 13.2 Å². The lowest BCUT2D eigenvalue weighted by Gasteiger charge is -2.29. The first-order valence-corrected chi connectivity index (χ1v) is 15.4. The predicted octanol–water partition coefficient (Wildman–Crippen LogP) is 7.70. The van der Waals surface area contributed by atoms with Crippen LogP contribution in [-0.4, -0.2) is 49.7 Å². The lowest BCUT2D eigenvalue weighted by molar-refractivity contribution is -0.158. The van der Waals surface area contributed by atoms with E-state index in [0.29, 0.717) is 37.9 Å². The monoisotopic (exact) mass is 566 g/mol. The van der Waals surface area contributed by atoms with Gasteiger partial charge in [-0.15, -0.1) is 0 Å². The van der Waals surface area contributed by atoms with Crippen LogP contribution in [0.3, 0.4) is 0 Å². The third-order valence-corrected chi connectivity index (χ3v) is 8.08. The number of hydrogen-bond acceptors (Lipinski definition) is 6. The molecule has 0 heterocycles. The molecule has 2 saturated carbocycles. The summed E-state index contributed by atoms with van der Waals surface area (Å²) in [5.74, 6) is 0.910. The molecule has 0 aliphatic heterocycles. The summed E-state index contributed by atoms with van der Waals surface area (Å²) in [7, 11) is 0. The molecule has 0 amide bonds. The van der Waals surface area contributed by atoms with Crippen molar-refractivity contribution in [1.82, 2.24) is 0 Å². The highest BCUT2D eigenvalue weighted by Gasteiger charge is 2.29. The van der Waals surface area contributed by atoms with E-state index in [0.717, 1.165) is 75.7 Å². The van der Waals surface area contributed by atoms with E-state index < -0.39 is 24.3 Å². The Labute approximate surface area is 238 Å². The first-order chi connectivity index (χ1) is 19.4. The minimum Gasteiger partial charge on any atom is -0.493 e. The quantitative estimate of drug-likeness (QED) is 0.191. The van der Waals surface area contributed by atoms with Gasteiger partial charge >= 0.3 is 11.9 Å². The van der Waals surface area contributed by atoms with Gasteiger partial charge in [0.05, 0.1) is 13.2 Å². The van der Waals surface area contributed by atoms with Crippen LogP contribution in [0.5, 0.6) is 11.5 Å². The SMILES string of the molecule is CCCC[C@H](F)C(=O)O[C@H]1CC[C@H](COc2ccc(OC[C@H]3CC[C@H](OC(=O)[C@@H](F)CCCC)CC3)cc2)CC1. The van der Waals surface area contributed by atoms with Crippen LogP contribution >= 0.6 is 0 Å². The fourth-order valence-corrected chi connectivity index (χ4v) is 5.37. The minimum atomic E-state index is -1.51. The maximum atomic E-state index is 13.9. The fraction of sp³-hybridized carbons (Fsp3) is 0.750. The van der Waals surface area contributed by atoms with Gasteiger partial charge in [0.2, 0.25) is 0 Å². The molecule has 226 valence electrons. The number of hydrogen-bond donors (Lipinski definition) is 0. The summed E-state index contributed by atoms with van der Waals surface area (Å²) >= 11 is 0. The molecule has 0 saturated heterocycles. The van der Waals surface area contributed by atoms with E-state index in [1.807, 2.05) is 38.1 Å². The summed E-state index contributed by atoms with van der Waals surface area (Å²) in [4.78, 5) is 23.8. The Hall–Kier alpha value is -2.38. The largest absolute Gasteiger partial charge is 0.493 e. The summed E-state index contributed by atoms with van der Waals surface area (Å²) in [6.45, 7) is 5.14. The minimum absolute atomic E-state index is 0.192. The molecule has 0 spiro atoms. The van der Waals surface area contributed by atoms with Gasteiger partial charge in [-0.2, -0.15) is 0 Å². The number of esters is 2. The van der Waals surface area contributed by atoms with Gasteiger partial charge in [0.25, 0.3) is 0 Å². The van der Waals surface area contributed by atoms with Crippen molar-refractivity contribution >= 4 is 11.9 Å². The van der Waals surface area contributed by atoms with Gasteiger partial charge < -0.3 is 18.9 Å². The molecule has 6 nitrogen and oxygen atoms in total. The van der Waals surface area contributed by atoms with E-state index in [1.54, 1.807) is 0 Å². The van der Waals surface area contributed by atoms with Gasteiger partial charge in [-0.1, -0.05) is 39.5 Å². The summed E-state index contributed by atoms with van der Waals surface area (Å²) in [5.41, 5.74) is 0. The van der Waals surface area contributed by atoms with Crippen molar-refractivity contribution in [2.24, 2.45) is 11.8 Å². The molecule has 1 aromatic carbocycles. The molecular formula is C32H48F2O6. The molecule has 0 aromatic heterocycles. The summed E-state index contributed by atoms with van der Waals surface area (Å²) in [5, 5.41) is 0. The van der Waals surface area contributed by atoms with Gasteiger partial charge in [-0.3, -0.25) is 0 Å². The molecule has 0 unspecified atom stereocenters. The zero-order valence-corrected chi connectivity index (χ0v) is 24.3. The number of halogens is 2. The third-order valence-electron chi connectivity index (χ3n) is 8.08. The Morgan fingerprint density at radius 1 is 0.675 bits per heavy atom. The Morgan fingerprint density at radius 2 is 1.02 bits per heavy atom. The molecule has 2 aliphatic rings. The number of carbonyl (C=O) groups is 2. The van der Waals surface area contributed by atoms with Crippen LogP contribution in [0.15, 0.2) is 24.3 Å². The van der Waals surface area contributed by atoms with Crippen molar-refractivity contribution < 1.29 is 37.3 Å². The Morgan fingerprint density at radius 3 is 1.35 bits per heavy atom. The second-order valence-corrected chi connectivity index (χ2v) is 11.5. The van der Waals surface area contributed by atoms with Gasteiger partial charge in [-0.25, -0.2) is 18.4 Å². The topological polar surface area (TPSA) is 71.1 Å². The number of rotatable bonds is 16. The van der Waals surface area contributed by atoms with E-state index in [-0.39, 0.29) is 25.0 Å². The Balaban J connectivity index is 1.27. The molecular weight excluding hydrogens is 518 g/mol. The number of carbonyl (C=O) groups excluding carboxylic acids is 2. The number of benzene rings is 1.